The molecule has 1 aliphatic rings. The second kappa shape index (κ2) is 5.40. The summed E-state index contributed by atoms with van der Waals surface area (Å²) in [7, 11) is 1.91. The lowest BCUT2D eigenvalue weighted by molar-refractivity contribution is 0.152. The number of hydrogen-bond acceptors (Lipinski definition) is 5. The number of aromatic nitrogens is 3. The molecule has 1 atom stereocenters. The highest BCUT2D eigenvalue weighted by Gasteiger charge is 2.24. The lowest BCUT2D eigenvalue weighted by Gasteiger charge is -2.21. The van der Waals surface area contributed by atoms with Gasteiger partial charge in [-0.05, 0) is 19.4 Å². The van der Waals surface area contributed by atoms with E-state index in [9.17, 15) is 5.11 Å². The zero-order valence-electron chi connectivity index (χ0n) is 11.0. The minimum atomic E-state index is 0.250. The maximum absolute atomic E-state index is 9.33. The Morgan fingerprint density at radius 3 is 3.16 bits per heavy atom. The fraction of sp³-hybridized carbons (Fsp3) is 0.538. The third-order valence-electron chi connectivity index (χ3n) is 3.58. The van der Waals surface area contributed by atoms with Gasteiger partial charge < -0.3 is 5.11 Å². The standard InChI is InChI=1S/C13H18N4OS/c1-16-6-10(5-14-16)13-15-11(9-19-13)7-17-4-2-3-12(17)8-18/h5-6,9,12,18H,2-4,7-8H2,1H3/t12-/m0/s1. The Balaban J connectivity index is 1.71. The molecule has 3 heterocycles. The molecule has 6 heteroatoms. The molecule has 1 saturated heterocycles. The van der Waals surface area contributed by atoms with E-state index in [2.05, 4.69) is 20.4 Å². The van der Waals surface area contributed by atoms with Gasteiger partial charge >= 0.3 is 0 Å². The number of aliphatic hydroxyl groups excluding tert-OH is 1. The van der Waals surface area contributed by atoms with Crippen LogP contribution in [0, 0.1) is 0 Å². The summed E-state index contributed by atoms with van der Waals surface area (Å²) in [5, 5.41) is 16.6. The highest BCUT2D eigenvalue weighted by molar-refractivity contribution is 7.13. The van der Waals surface area contributed by atoms with E-state index in [-0.39, 0.29) is 6.61 Å². The second-order valence-electron chi connectivity index (χ2n) is 5.00. The number of rotatable bonds is 4. The summed E-state index contributed by atoms with van der Waals surface area (Å²) in [4.78, 5) is 6.99. The molecule has 2 aromatic heterocycles. The molecule has 2 aromatic rings. The van der Waals surface area contributed by atoms with Crippen molar-refractivity contribution in [3.8, 4) is 10.6 Å². The van der Waals surface area contributed by atoms with Gasteiger partial charge in [-0.15, -0.1) is 11.3 Å². The molecule has 1 fully saturated rings. The molecule has 0 bridgehead atoms. The van der Waals surface area contributed by atoms with Gasteiger partial charge in [0, 0.05) is 36.8 Å². The SMILES string of the molecule is Cn1cc(-c2nc(CN3CCC[C@H]3CO)cs2)cn1. The molecule has 1 aliphatic heterocycles. The van der Waals surface area contributed by atoms with Crippen LogP contribution < -0.4 is 0 Å². The number of aryl methyl sites for hydroxylation is 1. The van der Waals surface area contributed by atoms with Crippen molar-refractivity contribution < 1.29 is 5.11 Å². The zero-order valence-corrected chi connectivity index (χ0v) is 11.8. The lowest BCUT2D eigenvalue weighted by atomic mass is 10.2. The summed E-state index contributed by atoms with van der Waals surface area (Å²) < 4.78 is 1.79. The molecule has 3 rings (SSSR count). The van der Waals surface area contributed by atoms with Gasteiger partial charge in [0.25, 0.3) is 0 Å². The monoisotopic (exact) mass is 278 g/mol. The smallest absolute Gasteiger partial charge is 0.126 e. The molecule has 0 spiro atoms. The summed E-state index contributed by atoms with van der Waals surface area (Å²) in [5.41, 5.74) is 2.16. The van der Waals surface area contributed by atoms with Gasteiger partial charge in [-0.2, -0.15) is 5.10 Å². The molecule has 19 heavy (non-hydrogen) atoms. The Hall–Kier alpha value is -1.24. The van der Waals surface area contributed by atoms with Crippen molar-refractivity contribution >= 4 is 11.3 Å². The van der Waals surface area contributed by atoms with E-state index in [1.54, 1.807) is 16.0 Å². The van der Waals surface area contributed by atoms with Crippen LogP contribution in [0.25, 0.3) is 10.6 Å². The van der Waals surface area contributed by atoms with E-state index in [1.807, 2.05) is 19.4 Å². The number of hydrogen-bond donors (Lipinski definition) is 1. The minimum absolute atomic E-state index is 0.250. The van der Waals surface area contributed by atoms with E-state index in [4.69, 9.17) is 0 Å². The van der Waals surface area contributed by atoms with E-state index in [1.165, 1.54) is 6.42 Å². The summed E-state index contributed by atoms with van der Waals surface area (Å²) in [6, 6.07) is 0.309. The zero-order chi connectivity index (χ0) is 13.2. The van der Waals surface area contributed by atoms with Crippen LogP contribution >= 0.6 is 11.3 Å². The molecular formula is C13H18N4OS. The van der Waals surface area contributed by atoms with Crippen LogP contribution in [0.15, 0.2) is 17.8 Å². The Kier molecular flexibility index (Phi) is 3.63. The van der Waals surface area contributed by atoms with Gasteiger partial charge in [0.1, 0.15) is 5.01 Å². The summed E-state index contributed by atoms with van der Waals surface area (Å²) in [5.74, 6) is 0. The highest BCUT2D eigenvalue weighted by atomic mass is 32.1. The predicted molar refractivity (Wildman–Crippen MR) is 74.8 cm³/mol. The Morgan fingerprint density at radius 1 is 1.53 bits per heavy atom. The van der Waals surface area contributed by atoms with E-state index >= 15 is 0 Å². The average molecular weight is 278 g/mol. The minimum Gasteiger partial charge on any atom is -0.395 e. The van der Waals surface area contributed by atoms with Gasteiger partial charge in [-0.3, -0.25) is 9.58 Å². The van der Waals surface area contributed by atoms with Crippen LogP contribution in [0.3, 0.4) is 0 Å². The lowest BCUT2D eigenvalue weighted by Crippen LogP contribution is -2.31. The highest BCUT2D eigenvalue weighted by Crippen LogP contribution is 2.25. The van der Waals surface area contributed by atoms with Crippen molar-refractivity contribution in [3.05, 3.63) is 23.5 Å². The summed E-state index contributed by atoms with van der Waals surface area (Å²) in [6.45, 7) is 2.15. The Labute approximate surface area is 116 Å². The van der Waals surface area contributed by atoms with Crippen molar-refractivity contribution in [3.63, 3.8) is 0 Å². The first-order valence-corrected chi connectivity index (χ1v) is 7.42. The van der Waals surface area contributed by atoms with Crippen molar-refractivity contribution in [1.29, 1.82) is 0 Å². The van der Waals surface area contributed by atoms with E-state index < -0.39 is 0 Å². The number of thiazole rings is 1. The van der Waals surface area contributed by atoms with Crippen molar-refractivity contribution in [2.75, 3.05) is 13.2 Å². The summed E-state index contributed by atoms with van der Waals surface area (Å²) >= 11 is 1.65. The van der Waals surface area contributed by atoms with Crippen LogP contribution in [-0.4, -0.2) is 44.0 Å². The fourth-order valence-corrected chi connectivity index (χ4v) is 3.35. The van der Waals surface area contributed by atoms with Crippen LogP contribution in [0.2, 0.25) is 0 Å². The Morgan fingerprint density at radius 2 is 2.42 bits per heavy atom. The van der Waals surface area contributed by atoms with Crippen LogP contribution in [0.5, 0.6) is 0 Å². The number of likely N-dealkylation sites (tertiary alicyclic amines) is 1. The third-order valence-corrected chi connectivity index (χ3v) is 4.52. The molecular weight excluding hydrogens is 260 g/mol. The normalized spacial score (nSPS) is 20.2. The van der Waals surface area contributed by atoms with Crippen molar-refractivity contribution in [2.45, 2.75) is 25.4 Å². The Bertz CT molecular complexity index is 550. The van der Waals surface area contributed by atoms with Gasteiger partial charge in [0.05, 0.1) is 18.5 Å². The first kappa shape index (κ1) is 12.8. The summed E-state index contributed by atoms with van der Waals surface area (Å²) in [6.07, 6.45) is 6.09. The van der Waals surface area contributed by atoms with Crippen LogP contribution in [0.4, 0.5) is 0 Å². The quantitative estimate of drug-likeness (QED) is 0.921. The van der Waals surface area contributed by atoms with E-state index in [0.29, 0.717) is 6.04 Å². The van der Waals surface area contributed by atoms with Gasteiger partial charge in [-0.1, -0.05) is 0 Å². The molecule has 1 N–H and O–H groups in total. The molecule has 102 valence electrons. The van der Waals surface area contributed by atoms with Gasteiger partial charge in [0.15, 0.2) is 0 Å². The molecule has 0 radical (unpaired) electrons. The molecule has 0 aromatic carbocycles. The fourth-order valence-electron chi connectivity index (χ4n) is 2.56. The van der Waals surface area contributed by atoms with Crippen LogP contribution in [-0.2, 0) is 13.6 Å². The maximum atomic E-state index is 9.33. The first-order chi connectivity index (χ1) is 9.26. The molecule has 0 unspecified atom stereocenters. The molecule has 0 amide bonds. The largest absolute Gasteiger partial charge is 0.395 e. The third kappa shape index (κ3) is 2.70. The topological polar surface area (TPSA) is 54.2 Å². The van der Waals surface area contributed by atoms with E-state index in [0.717, 1.165) is 35.8 Å². The van der Waals surface area contributed by atoms with Crippen molar-refractivity contribution in [1.82, 2.24) is 19.7 Å². The first-order valence-electron chi connectivity index (χ1n) is 6.54. The molecule has 0 saturated carbocycles. The molecule has 0 aliphatic carbocycles. The average Bonchev–Trinajstić information content (AvgIpc) is 3.10. The molecule has 5 nitrogen and oxygen atoms in total. The predicted octanol–water partition coefficient (Wildman–Crippen LogP) is 1.50. The van der Waals surface area contributed by atoms with Crippen molar-refractivity contribution in [2.24, 2.45) is 7.05 Å². The maximum Gasteiger partial charge on any atom is 0.126 e. The van der Waals surface area contributed by atoms with Crippen LogP contribution in [0.1, 0.15) is 18.5 Å². The van der Waals surface area contributed by atoms with Gasteiger partial charge in [0.2, 0.25) is 0 Å². The van der Waals surface area contributed by atoms with Gasteiger partial charge in [-0.25, -0.2) is 4.98 Å². The number of nitrogens with zero attached hydrogens (tertiary/aromatic N) is 4. The number of aliphatic hydroxyl groups is 1. The second-order valence-corrected chi connectivity index (χ2v) is 5.85.